The highest BCUT2D eigenvalue weighted by molar-refractivity contribution is 6.22. The van der Waals surface area contributed by atoms with Crippen LogP contribution in [-0.4, -0.2) is 18.3 Å². The molecule has 0 bridgehead atoms. The van der Waals surface area contributed by atoms with Gasteiger partial charge in [-0.1, -0.05) is 133 Å². The first-order valence-electron chi connectivity index (χ1n) is 14.5. The lowest BCUT2D eigenvalue weighted by molar-refractivity contribution is 0.668. The Hall–Kier alpha value is -5.74. The smallest absolute Gasteiger partial charge is 0.159 e. The van der Waals surface area contributed by atoms with Crippen LogP contribution in [0.4, 0.5) is 5.69 Å². The first kappa shape index (κ1) is 25.0. The summed E-state index contributed by atoms with van der Waals surface area (Å²) in [5.74, 6) is 1.57. The van der Waals surface area contributed by atoms with Gasteiger partial charge in [-0.15, -0.1) is 0 Å². The molecule has 0 N–H and O–H groups in total. The topological polar surface area (TPSA) is 41.1 Å². The number of furan rings is 1. The Labute approximate surface area is 249 Å². The number of fused-ring (bicyclic) bond motifs is 3. The van der Waals surface area contributed by atoms with Gasteiger partial charge in [0.05, 0.1) is 5.69 Å². The molecular formula is C39H27N3O. The summed E-state index contributed by atoms with van der Waals surface area (Å²) in [6.07, 6.45) is 0. The quantitative estimate of drug-likeness (QED) is 0.213. The molecule has 0 aliphatic carbocycles. The summed E-state index contributed by atoms with van der Waals surface area (Å²) in [5, 5.41) is 2.17. The van der Waals surface area contributed by atoms with E-state index in [2.05, 4.69) is 114 Å². The van der Waals surface area contributed by atoms with Gasteiger partial charge in [0.25, 0.3) is 0 Å². The van der Waals surface area contributed by atoms with Crippen molar-refractivity contribution in [1.29, 1.82) is 0 Å². The Morgan fingerprint density at radius 1 is 0.535 bits per heavy atom. The number of hydrogen-bond acceptors (Lipinski definition) is 4. The van der Waals surface area contributed by atoms with Gasteiger partial charge < -0.3 is 9.32 Å². The van der Waals surface area contributed by atoms with Crippen molar-refractivity contribution in [2.45, 2.75) is 0 Å². The second-order valence-corrected chi connectivity index (χ2v) is 10.6. The molecule has 1 aliphatic rings. The molecule has 0 unspecified atom stereocenters. The van der Waals surface area contributed by atoms with Crippen molar-refractivity contribution >= 4 is 39.3 Å². The van der Waals surface area contributed by atoms with Crippen molar-refractivity contribution in [1.82, 2.24) is 0 Å². The summed E-state index contributed by atoms with van der Waals surface area (Å²) < 4.78 is 6.81. The van der Waals surface area contributed by atoms with E-state index in [1.807, 2.05) is 42.5 Å². The van der Waals surface area contributed by atoms with E-state index in [1.165, 1.54) is 0 Å². The minimum atomic E-state index is 0.426. The van der Waals surface area contributed by atoms with Crippen molar-refractivity contribution in [3.63, 3.8) is 0 Å². The van der Waals surface area contributed by atoms with E-state index in [0.717, 1.165) is 72.7 Å². The second-order valence-electron chi connectivity index (χ2n) is 10.6. The zero-order valence-electron chi connectivity index (χ0n) is 23.4. The minimum Gasteiger partial charge on any atom is -0.454 e. The van der Waals surface area contributed by atoms with Gasteiger partial charge in [0.1, 0.15) is 18.1 Å². The van der Waals surface area contributed by atoms with Gasteiger partial charge in [-0.2, -0.15) is 0 Å². The fraction of sp³-hybridized carbons (Fsp3) is 0.0256. The van der Waals surface area contributed by atoms with E-state index in [0.29, 0.717) is 6.67 Å². The van der Waals surface area contributed by atoms with Gasteiger partial charge in [-0.05, 0) is 40.5 Å². The Bertz CT molecular complexity index is 2130. The van der Waals surface area contributed by atoms with Crippen LogP contribution in [0.2, 0.25) is 0 Å². The van der Waals surface area contributed by atoms with Gasteiger partial charge in [0.2, 0.25) is 0 Å². The van der Waals surface area contributed by atoms with Crippen molar-refractivity contribution < 1.29 is 4.42 Å². The molecular weight excluding hydrogens is 526 g/mol. The summed E-state index contributed by atoms with van der Waals surface area (Å²) in [4.78, 5) is 12.2. The predicted molar refractivity (Wildman–Crippen MR) is 178 cm³/mol. The molecule has 0 saturated heterocycles. The molecule has 4 heteroatoms. The highest BCUT2D eigenvalue weighted by Gasteiger charge is 2.25. The van der Waals surface area contributed by atoms with Crippen LogP contribution in [0.25, 0.3) is 44.2 Å². The standard InChI is InChI=1S/C39H27N3O/c1-5-14-27(15-6-1)31-24-33(28-16-7-2-8-17-28)36-32-22-13-23-34(37(32)43-35(36)25-31)42-26-40-38(29-18-9-3-10-19-29)41-39(42)30-20-11-4-12-21-30/h1-25H,26H2. The van der Waals surface area contributed by atoms with Crippen LogP contribution in [0.5, 0.6) is 0 Å². The number of para-hydroxylation sites is 1. The van der Waals surface area contributed by atoms with Crippen LogP contribution in [-0.2, 0) is 0 Å². The van der Waals surface area contributed by atoms with Gasteiger partial charge in [0.15, 0.2) is 11.4 Å². The Morgan fingerprint density at radius 2 is 1.14 bits per heavy atom. The SMILES string of the molecule is c1ccc(C2=NCN(c3cccc4c3oc3cc(-c5ccccc5)cc(-c5ccccc5)c34)C(c3ccccc3)=N2)cc1. The Kier molecular flexibility index (Phi) is 6.16. The van der Waals surface area contributed by atoms with Crippen LogP contribution in [0.15, 0.2) is 166 Å². The molecule has 7 aromatic rings. The highest BCUT2D eigenvalue weighted by atomic mass is 16.3. The van der Waals surface area contributed by atoms with Gasteiger partial charge in [0, 0.05) is 21.9 Å². The van der Waals surface area contributed by atoms with Gasteiger partial charge in [-0.25, -0.2) is 9.98 Å². The maximum atomic E-state index is 6.81. The third-order valence-electron chi connectivity index (χ3n) is 7.95. The molecule has 8 rings (SSSR count). The van der Waals surface area contributed by atoms with Crippen LogP contribution in [0.3, 0.4) is 0 Å². The lowest BCUT2D eigenvalue weighted by Gasteiger charge is -2.28. The number of nitrogens with zero attached hydrogens (tertiary/aromatic N) is 3. The average molecular weight is 554 g/mol. The van der Waals surface area contributed by atoms with E-state index in [4.69, 9.17) is 14.4 Å². The van der Waals surface area contributed by atoms with E-state index >= 15 is 0 Å². The van der Waals surface area contributed by atoms with Crippen molar-refractivity contribution in [3.05, 3.63) is 163 Å². The molecule has 0 amide bonds. The minimum absolute atomic E-state index is 0.426. The largest absolute Gasteiger partial charge is 0.454 e. The maximum absolute atomic E-state index is 6.81. The zero-order valence-corrected chi connectivity index (χ0v) is 23.4. The van der Waals surface area contributed by atoms with Crippen molar-refractivity contribution in [2.24, 2.45) is 9.98 Å². The number of amidine groups is 2. The molecule has 4 nitrogen and oxygen atoms in total. The first-order valence-corrected chi connectivity index (χ1v) is 14.5. The number of aliphatic imine (C=N–C) groups is 2. The summed E-state index contributed by atoms with van der Waals surface area (Å²) in [7, 11) is 0. The molecule has 0 radical (unpaired) electrons. The Balaban J connectivity index is 1.34. The van der Waals surface area contributed by atoms with Crippen LogP contribution in [0, 0.1) is 0 Å². The lowest BCUT2D eigenvalue weighted by atomic mass is 9.94. The van der Waals surface area contributed by atoms with Crippen molar-refractivity contribution in [3.8, 4) is 22.3 Å². The fourth-order valence-electron chi connectivity index (χ4n) is 5.91. The highest BCUT2D eigenvalue weighted by Crippen LogP contribution is 2.43. The van der Waals surface area contributed by atoms with Crippen molar-refractivity contribution in [2.75, 3.05) is 11.6 Å². The number of hydrogen-bond donors (Lipinski definition) is 0. The van der Waals surface area contributed by atoms with Crippen LogP contribution < -0.4 is 4.90 Å². The second kappa shape index (κ2) is 10.6. The summed E-state index contributed by atoms with van der Waals surface area (Å²) >= 11 is 0. The first-order chi connectivity index (χ1) is 21.3. The third-order valence-corrected chi connectivity index (χ3v) is 7.95. The Morgan fingerprint density at radius 3 is 1.81 bits per heavy atom. The maximum Gasteiger partial charge on any atom is 0.159 e. The van der Waals surface area contributed by atoms with E-state index < -0.39 is 0 Å². The molecule has 2 heterocycles. The molecule has 0 spiro atoms. The van der Waals surface area contributed by atoms with Gasteiger partial charge in [-0.3, -0.25) is 0 Å². The summed E-state index contributed by atoms with van der Waals surface area (Å²) in [6, 6.07) is 52.3. The lowest BCUT2D eigenvalue weighted by Crippen LogP contribution is -2.36. The normalized spacial score (nSPS) is 13.3. The van der Waals surface area contributed by atoms with E-state index in [1.54, 1.807) is 0 Å². The molecule has 1 aliphatic heterocycles. The number of rotatable bonds is 5. The molecule has 6 aromatic carbocycles. The van der Waals surface area contributed by atoms with E-state index in [9.17, 15) is 0 Å². The average Bonchev–Trinajstić information content (AvgIpc) is 3.48. The predicted octanol–water partition coefficient (Wildman–Crippen LogP) is 9.59. The molecule has 0 saturated carbocycles. The molecule has 204 valence electrons. The third kappa shape index (κ3) is 4.50. The summed E-state index contributed by atoms with van der Waals surface area (Å²) in [6.45, 7) is 0.426. The molecule has 0 atom stereocenters. The summed E-state index contributed by atoms with van der Waals surface area (Å²) in [5.41, 5.74) is 9.20. The van der Waals surface area contributed by atoms with Crippen LogP contribution in [0.1, 0.15) is 11.1 Å². The molecule has 1 aromatic heterocycles. The zero-order chi connectivity index (χ0) is 28.6. The van der Waals surface area contributed by atoms with Gasteiger partial charge >= 0.3 is 0 Å². The fourth-order valence-corrected chi connectivity index (χ4v) is 5.91. The molecule has 43 heavy (non-hydrogen) atoms. The van der Waals surface area contributed by atoms with Crippen LogP contribution >= 0.6 is 0 Å². The molecule has 0 fully saturated rings. The number of anilines is 1. The monoisotopic (exact) mass is 553 g/mol. The number of benzene rings is 6. The van der Waals surface area contributed by atoms with E-state index in [-0.39, 0.29) is 0 Å².